The van der Waals surface area contributed by atoms with Gasteiger partial charge in [-0.1, -0.05) is 13.8 Å². The second-order valence-electron chi connectivity index (χ2n) is 4.45. The van der Waals surface area contributed by atoms with E-state index in [0.29, 0.717) is 18.5 Å². The molecule has 0 aliphatic heterocycles. The van der Waals surface area contributed by atoms with Crippen molar-refractivity contribution in [2.45, 2.75) is 26.7 Å². The van der Waals surface area contributed by atoms with Crippen LogP contribution in [0.15, 0.2) is 18.2 Å². The van der Waals surface area contributed by atoms with Crippen molar-refractivity contribution in [3.05, 3.63) is 29.6 Å². The molecular formula is C14H18FN3O. The Morgan fingerprint density at radius 3 is 2.58 bits per heavy atom. The first-order valence-corrected chi connectivity index (χ1v) is 6.24. The average molecular weight is 263 g/mol. The number of hydrogen-bond donors (Lipinski definition) is 2. The lowest BCUT2D eigenvalue weighted by molar-refractivity contribution is -0.125. The van der Waals surface area contributed by atoms with Gasteiger partial charge in [0.1, 0.15) is 11.9 Å². The number of halogens is 1. The Kier molecular flexibility index (Phi) is 5.02. The number of nitrogens with two attached hydrogens (primary N) is 1. The fraction of sp³-hybridized carbons (Fsp3) is 0.429. The van der Waals surface area contributed by atoms with Gasteiger partial charge in [0.15, 0.2) is 0 Å². The van der Waals surface area contributed by atoms with Gasteiger partial charge in [-0.15, -0.1) is 0 Å². The molecule has 1 aromatic rings. The maximum Gasteiger partial charge on any atom is 0.231 e. The number of hydrogen-bond acceptors (Lipinski definition) is 3. The first-order valence-electron chi connectivity index (χ1n) is 6.24. The quantitative estimate of drug-likeness (QED) is 0.856. The molecule has 0 spiro atoms. The van der Waals surface area contributed by atoms with Crippen LogP contribution in [0.4, 0.5) is 10.1 Å². The van der Waals surface area contributed by atoms with Crippen LogP contribution in [0.1, 0.15) is 32.3 Å². The highest BCUT2D eigenvalue weighted by Crippen LogP contribution is 2.27. The fourth-order valence-corrected chi connectivity index (χ4v) is 1.93. The molecule has 102 valence electrons. The molecule has 0 fully saturated rings. The molecule has 0 atom stereocenters. The summed E-state index contributed by atoms with van der Waals surface area (Å²) in [5, 5.41) is 11.6. The van der Waals surface area contributed by atoms with Gasteiger partial charge >= 0.3 is 0 Å². The van der Waals surface area contributed by atoms with Crippen molar-refractivity contribution in [1.29, 1.82) is 5.26 Å². The van der Waals surface area contributed by atoms with Gasteiger partial charge in [-0.3, -0.25) is 4.79 Å². The smallest absolute Gasteiger partial charge is 0.231 e. The summed E-state index contributed by atoms with van der Waals surface area (Å²) < 4.78 is 13.0. The minimum absolute atomic E-state index is 0.103. The van der Waals surface area contributed by atoms with E-state index < -0.39 is 11.2 Å². The number of nitrogens with zero attached hydrogens (tertiary/aromatic N) is 1. The molecule has 1 aromatic carbocycles. The largest absolute Gasteiger partial charge is 0.329 e. The lowest BCUT2D eigenvalue weighted by atomic mass is 9.81. The minimum atomic E-state index is -0.652. The zero-order chi connectivity index (χ0) is 14.5. The van der Waals surface area contributed by atoms with Crippen LogP contribution in [0, 0.1) is 22.6 Å². The Bertz CT molecular complexity index is 496. The van der Waals surface area contributed by atoms with Gasteiger partial charge in [-0.05, 0) is 31.0 Å². The highest BCUT2D eigenvalue weighted by Gasteiger charge is 2.33. The number of nitrogens with one attached hydrogen (secondary N) is 1. The Hall–Kier alpha value is -1.93. The van der Waals surface area contributed by atoms with Gasteiger partial charge in [-0.25, -0.2) is 4.39 Å². The second kappa shape index (κ2) is 6.30. The molecule has 5 heteroatoms. The van der Waals surface area contributed by atoms with Crippen LogP contribution in [-0.2, 0) is 4.79 Å². The topological polar surface area (TPSA) is 78.9 Å². The van der Waals surface area contributed by atoms with Gasteiger partial charge in [0.2, 0.25) is 5.91 Å². The summed E-state index contributed by atoms with van der Waals surface area (Å²) in [5.74, 6) is -0.742. The predicted molar refractivity (Wildman–Crippen MR) is 71.8 cm³/mol. The van der Waals surface area contributed by atoms with Crippen molar-refractivity contribution < 1.29 is 9.18 Å². The molecule has 0 radical (unpaired) electrons. The molecule has 0 aromatic heterocycles. The van der Waals surface area contributed by atoms with Gasteiger partial charge in [-0.2, -0.15) is 5.26 Å². The molecule has 0 unspecified atom stereocenters. The van der Waals surface area contributed by atoms with Crippen LogP contribution < -0.4 is 11.1 Å². The summed E-state index contributed by atoms with van der Waals surface area (Å²) >= 11 is 0. The second-order valence-corrected chi connectivity index (χ2v) is 4.45. The SMILES string of the molecule is CCC(CC)(CN)C(=O)Nc1ccc(F)cc1C#N. The highest BCUT2D eigenvalue weighted by atomic mass is 19.1. The number of benzene rings is 1. The van der Waals surface area contributed by atoms with Crippen LogP contribution in [0.2, 0.25) is 0 Å². The minimum Gasteiger partial charge on any atom is -0.329 e. The van der Waals surface area contributed by atoms with Crippen LogP contribution in [0.3, 0.4) is 0 Å². The molecule has 0 bridgehead atoms. The van der Waals surface area contributed by atoms with Crippen LogP contribution in [-0.4, -0.2) is 12.5 Å². The third kappa shape index (κ3) is 3.09. The van der Waals surface area contributed by atoms with Gasteiger partial charge < -0.3 is 11.1 Å². The molecule has 1 rings (SSSR count). The molecular weight excluding hydrogens is 245 g/mol. The number of rotatable bonds is 5. The first kappa shape index (κ1) is 15.1. The molecule has 4 nitrogen and oxygen atoms in total. The maximum absolute atomic E-state index is 13.0. The van der Waals surface area contributed by atoms with E-state index >= 15 is 0 Å². The van der Waals surface area contributed by atoms with Crippen LogP contribution >= 0.6 is 0 Å². The summed E-state index contributed by atoms with van der Waals surface area (Å²) in [6, 6.07) is 5.55. The van der Waals surface area contributed by atoms with E-state index in [2.05, 4.69) is 5.32 Å². The highest BCUT2D eigenvalue weighted by molar-refractivity contribution is 5.96. The van der Waals surface area contributed by atoms with E-state index in [1.165, 1.54) is 12.1 Å². The molecule has 0 heterocycles. The average Bonchev–Trinajstić information content (AvgIpc) is 2.43. The fourth-order valence-electron chi connectivity index (χ4n) is 1.93. The van der Waals surface area contributed by atoms with Crippen LogP contribution in [0.5, 0.6) is 0 Å². The molecule has 0 aliphatic rings. The van der Waals surface area contributed by atoms with E-state index in [-0.39, 0.29) is 18.0 Å². The molecule has 3 N–H and O–H groups in total. The van der Waals surface area contributed by atoms with Crippen molar-refractivity contribution in [2.75, 3.05) is 11.9 Å². The summed E-state index contributed by atoms with van der Waals surface area (Å²) in [6.07, 6.45) is 1.21. The van der Waals surface area contributed by atoms with E-state index in [1.807, 2.05) is 19.9 Å². The van der Waals surface area contributed by atoms with E-state index in [9.17, 15) is 9.18 Å². The number of amides is 1. The normalized spacial score (nSPS) is 10.9. The molecule has 0 saturated heterocycles. The van der Waals surface area contributed by atoms with Gasteiger partial charge in [0.05, 0.1) is 16.7 Å². The van der Waals surface area contributed by atoms with Gasteiger partial charge in [0.25, 0.3) is 0 Å². The maximum atomic E-state index is 13.0. The zero-order valence-electron chi connectivity index (χ0n) is 11.2. The summed E-state index contributed by atoms with van der Waals surface area (Å²) in [7, 11) is 0. The monoisotopic (exact) mass is 263 g/mol. The van der Waals surface area contributed by atoms with Gasteiger partial charge in [0, 0.05) is 6.54 Å². The predicted octanol–water partition coefficient (Wildman–Crippen LogP) is 2.40. The number of nitriles is 1. The lowest BCUT2D eigenvalue weighted by Crippen LogP contribution is -2.41. The number of carbonyl (C=O) groups is 1. The first-order chi connectivity index (χ1) is 9.02. The standard InChI is InChI=1S/C14H18FN3O/c1-3-14(4-2,9-17)13(19)18-12-6-5-11(15)7-10(12)8-16/h5-7H,3-4,9,17H2,1-2H3,(H,18,19). The third-order valence-electron chi connectivity index (χ3n) is 3.58. The molecule has 0 aliphatic carbocycles. The summed E-state index contributed by atoms with van der Waals surface area (Å²) in [4.78, 5) is 12.3. The zero-order valence-corrected chi connectivity index (χ0v) is 11.2. The third-order valence-corrected chi connectivity index (χ3v) is 3.58. The molecule has 1 amide bonds. The number of carbonyl (C=O) groups excluding carboxylic acids is 1. The Balaban J connectivity index is 3.03. The van der Waals surface area contributed by atoms with Crippen molar-refractivity contribution in [3.63, 3.8) is 0 Å². The Morgan fingerprint density at radius 2 is 2.11 bits per heavy atom. The molecule has 0 saturated carbocycles. The Morgan fingerprint density at radius 1 is 1.47 bits per heavy atom. The van der Waals surface area contributed by atoms with Crippen LogP contribution in [0.25, 0.3) is 0 Å². The Labute approximate surface area is 112 Å². The van der Waals surface area contributed by atoms with Crippen molar-refractivity contribution in [2.24, 2.45) is 11.1 Å². The van der Waals surface area contributed by atoms with Crippen molar-refractivity contribution >= 4 is 11.6 Å². The van der Waals surface area contributed by atoms with Crippen molar-refractivity contribution in [3.8, 4) is 6.07 Å². The summed E-state index contributed by atoms with van der Waals surface area (Å²) in [6.45, 7) is 4.02. The summed E-state index contributed by atoms with van der Waals surface area (Å²) in [5.41, 5.74) is 5.46. The van der Waals surface area contributed by atoms with Crippen molar-refractivity contribution in [1.82, 2.24) is 0 Å². The molecule has 19 heavy (non-hydrogen) atoms. The number of anilines is 1. The lowest BCUT2D eigenvalue weighted by Gasteiger charge is -2.28. The van der Waals surface area contributed by atoms with E-state index in [0.717, 1.165) is 6.07 Å². The van der Waals surface area contributed by atoms with E-state index in [4.69, 9.17) is 11.0 Å². The van der Waals surface area contributed by atoms with E-state index in [1.54, 1.807) is 0 Å².